The molecule has 6 heteroatoms. The fourth-order valence-corrected chi connectivity index (χ4v) is 1.99. The maximum atomic E-state index is 5.94. The lowest BCUT2D eigenvalue weighted by atomic mass is 10.3. The Morgan fingerprint density at radius 1 is 1.24 bits per heavy atom. The number of nitrogen functional groups attached to an aromatic ring is 1. The molecule has 3 nitrogen and oxygen atoms in total. The first-order valence-corrected chi connectivity index (χ1v) is 6.15. The molecule has 0 aliphatic carbocycles. The molecule has 17 heavy (non-hydrogen) atoms. The Hall–Kier alpha value is -0.970. The number of nitrogens with two attached hydrogens (primary N) is 1. The van der Waals surface area contributed by atoms with E-state index in [-0.39, 0.29) is 5.88 Å². The largest absolute Gasteiger partial charge is 0.435 e. The molecule has 88 valence electrons. The van der Waals surface area contributed by atoms with Crippen molar-refractivity contribution in [2.24, 2.45) is 0 Å². The molecule has 0 aliphatic heterocycles. The molecule has 0 amide bonds. The average Bonchev–Trinajstić information content (AvgIpc) is 2.25. The Kier molecular flexibility index (Phi) is 3.76. The molecule has 2 N–H and O–H groups in total. The standard InChI is InChI=1S/C11H7BrCl2N2O/c12-6-1-2-10(9(15)3-6)17-11-8(14)4-7(13)5-16-11/h1-5H,15H2. The molecule has 1 aromatic heterocycles. The molecule has 0 atom stereocenters. The van der Waals surface area contributed by atoms with E-state index < -0.39 is 0 Å². The van der Waals surface area contributed by atoms with Gasteiger partial charge in [-0.2, -0.15) is 0 Å². The number of rotatable bonds is 2. The summed E-state index contributed by atoms with van der Waals surface area (Å²) in [5.74, 6) is 0.759. The van der Waals surface area contributed by atoms with E-state index >= 15 is 0 Å². The number of aromatic nitrogens is 1. The molecule has 0 saturated heterocycles. The van der Waals surface area contributed by atoms with Crippen LogP contribution in [-0.2, 0) is 0 Å². The van der Waals surface area contributed by atoms with E-state index in [1.807, 2.05) is 6.07 Å². The van der Waals surface area contributed by atoms with Crippen molar-refractivity contribution in [1.82, 2.24) is 4.98 Å². The number of pyridine rings is 1. The second-order valence-corrected chi connectivity index (χ2v) is 4.98. The van der Waals surface area contributed by atoms with Crippen LogP contribution in [0.1, 0.15) is 0 Å². The van der Waals surface area contributed by atoms with Crippen molar-refractivity contribution in [1.29, 1.82) is 0 Å². The Labute approximate surface area is 117 Å². The minimum Gasteiger partial charge on any atom is -0.435 e. The number of nitrogens with zero attached hydrogens (tertiary/aromatic N) is 1. The van der Waals surface area contributed by atoms with E-state index in [2.05, 4.69) is 20.9 Å². The Bertz CT molecular complexity index is 514. The SMILES string of the molecule is Nc1cc(Br)ccc1Oc1ncc(Cl)cc1Cl. The topological polar surface area (TPSA) is 48.1 Å². The van der Waals surface area contributed by atoms with Gasteiger partial charge in [-0.3, -0.25) is 0 Å². The normalized spacial score (nSPS) is 10.3. The second kappa shape index (κ2) is 5.12. The number of anilines is 1. The zero-order valence-electron chi connectivity index (χ0n) is 8.45. The molecule has 0 aliphatic rings. The van der Waals surface area contributed by atoms with Crippen molar-refractivity contribution in [2.75, 3.05) is 5.73 Å². The summed E-state index contributed by atoms with van der Waals surface area (Å²) >= 11 is 15.0. The molecule has 0 spiro atoms. The minimum atomic E-state index is 0.269. The average molecular weight is 334 g/mol. The summed E-state index contributed by atoms with van der Waals surface area (Å²) in [6, 6.07) is 6.83. The molecular weight excluding hydrogens is 327 g/mol. The van der Waals surface area contributed by atoms with Crippen LogP contribution in [0.4, 0.5) is 5.69 Å². The summed E-state index contributed by atoms with van der Waals surface area (Å²) < 4.78 is 6.38. The number of halogens is 3. The van der Waals surface area contributed by atoms with Gasteiger partial charge in [-0.25, -0.2) is 4.98 Å². The van der Waals surface area contributed by atoms with Gasteiger partial charge in [0.1, 0.15) is 5.02 Å². The summed E-state index contributed by atoms with van der Waals surface area (Å²) in [4.78, 5) is 3.98. The van der Waals surface area contributed by atoms with Crippen LogP contribution in [0.15, 0.2) is 34.9 Å². The molecule has 0 unspecified atom stereocenters. The third kappa shape index (κ3) is 3.03. The molecule has 2 rings (SSSR count). The van der Waals surface area contributed by atoms with Crippen molar-refractivity contribution in [3.8, 4) is 11.6 Å². The van der Waals surface area contributed by atoms with E-state index in [4.69, 9.17) is 33.7 Å². The molecule has 0 saturated carbocycles. The zero-order chi connectivity index (χ0) is 12.4. The van der Waals surface area contributed by atoms with E-state index in [0.717, 1.165) is 4.47 Å². The number of ether oxygens (including phenoxy) is 1. The van der Waals surface area contributed by atoms with Crippen molar-refractivity contribution in [3.05, 3.63) is 45.0 Å². The van der Waals surface area contributed by atoms with Crippen molar-refractivity contribution >= 4 is 44.8 Å². The van der Waals surface area contributed by atoms with E-state index in [9.17, 15) is 0 Å². The third-order valence-electron chi connectivity index (χ3n) is 1.95. The van der Waals surface area contributed by atoms with E-state index in [0.29, 0.717) is 21.5 Å². The molecule has 1 aromatic carbocycles. The quantitative estimate of drug-likeness (QED) is 0.821. The van der Waals surface area contributed by atoms with Crippen molar-refractivity contribution in [2.45, 2.75) is 0 Å². The van der Waals surface area contributed by atoms with Crippen LogP contribution in [0.5, 0.6) is 11.6 Å². The second-order valence-electron chi connectivity index (χ2n) is 3.22. The Morgan fingerprint density at radius 3 is 2.65 bits per heavy atom. The van der Waals surface area contributed by atoms with Gasteiger partial charge in [-0.05, 0) is 24.3 Å². The first kappa shape index (κ1) is 12.5. The molecule has 0 bridgehead atoms. The highest BCUT2D eigenvalue weighted by molar-refractivity contribution is 9.10. The van der Waals surface area contributed by atoms with Gasteiger partial charge < -0.3 is 10.5 Å². The summed E-state index contributed by atoms with van der Waals surface area (Å²) in [5, 5.41) is 0.783. The summed E-state index contributed by atoms with van der Waals surface area (Å²) in [6.07, 6.45) is 1.46. The Balaban J connectivity index is 2.31. The molecule has 2 aromatic rings. The van der Waals surface area contributed by atoms with Crippen LogP contribution in [-0.4, -0.2) is 4.98 Å². The van der Waals surface area contributed by atoms with Gasteiger partial charge in [0.25, 0.3) is 0 Å². The lowest BCUT2D eigenvalue weighted by molar-refractivity contribution is 0.465. The third-order valence-corrected chi connectivity index (χ3v) is 2.92. The van der Waals surface area contributed by atoms with Crippen LogP contribution in [0.3, 0.4) is 0 Å². The van der Waals surface area contributed by atoms with Crippen molar-refractivity contribution < 1.29 is 4.74 Å². The minimum absolute atomic E-state index is 0.269. The lowest BCUT2D eigenvalue weighted by Crippen LogP contribution is -1.94. The lowest BCUT2D eigenvalue weighted by Gasteiger charge is -2.09. The monoisotopic (exact) mass is 332 g/mol. The van der Waals surface area contributed by atoms with Gasteiger partial charge in [0.05, 0.1) is 10.7 Å². The fraction of sp³-hybridized carbons (Fsp3) is 0. The smallest absolute Gasteiger partial charge is 0.238 e. The van der Waals surface area contributed by atoms with Gasteiger partial charge >= 0.3 is 0 Å². The maximum Gasteiger partial charge on any atom is 0.238 e. The van der Waals surface area contributed by atoms with Gasteiger partial charge in [0.2, 0.25) is 5.88 Å². The Morgan fingerprint density at radius 2 is 2.00 bits per heavy atom. The van der Waals surface area contributed by atoms with Crippen LogP contribution < -0.4 is 10.5 Å². The molecule has 1 heterocycles. The number of hydrogen-bond donors (Lipinski definition) is 1. The highest BCUT2D eigenvalue weighted by atomic mass is 79.9. The van der Waals surface area contributed by atoms with Gasteiger partial charge in [-0.15, -0.1) is 0 Å². The van der Waals surface area contributed by atoms with Gasteiger partial charge in [0.15, 0.2) is 5.75 Å². The van der Waals surface area contributed by atoms with E-state index in [1.165, 1.54) is 6.20 Å². The molecule has 0 fully saturated rings. The summed E-state index contributed by atoms with van der Waals surface area (Å²) in [5.41, 5.74) is 6.29. The fourth-order valence-electron chi connectivity index (χ4n) is 1.19. The van der Waals surface area contributed by atoms with E-state index in [1.54, 1.807) is 18.2 Å². The van der Waals surface area contributed by atoms with Crippen LogP contribution in [0.2, 0.25) is 10.0 Å². The predicted molar refractivity (Wildman–Crippen MR) is 72.9 cm³/mol. The predicted octanol–water partition coefficient (Wildman–Crippen LogP) is 4.53. The van der Waals surface area contributed by atoms with Crippen LogP contribution in [0.25, 0.3) is 0 Å². The highest BCUT2D eigenvalue weighted by Crippen LogP contribution is 2.33. The summed E-state index contributed by atoms with van der Waals surface area (Å²) in [6.45, 7) is 0. The van der Waals surface area contributed by atoms with Crippen LogP contribution >= 0.6 is 39.1 Å². The molecule has 0 radical (unpaired) electrons. The summed E-state index contributed by atoms with van der Waals surface area (Å²) in [7, 11) is 0. The zero-order valence-corrected chi connectivity index (χ0v) is 11.6. The maximum absolute atomic E-state index is 5.94. The van der Waals surface area contributed by atoms with Gasteiger partial charge in [0, 0.05) is 10.7 Å². The van der Waals surface area contributed by atoms with Crippen LogP contribution in [0, 0.1) is 0 Å². The number of hydrogen-bond acceptors (Lipinski definition) is 3. The number of benzene rings is 1. The highest BCUT2D eigenvalue weighted by Gasteiger charge is 2.08. The first-order valence-electron chi connectivity index (χ1n) is 4.60. The van der Waals surface area contributed by atoms with Crippen molar-refractivity contribution in [3.63, 3.8) is 0 Å². The first-order chi connectivity index (χ1) is 8.06. The molecular formula is C11H7BrCl2N2O. The van der Waals surface area contributed by atoms with Gasteiger partial charge in [-0.1, -0.05) is 39.1 Å².